The minimum atomic E-state index is 0.795. The Balaban J connectivity index is 1.83. The van der Waals surface area contributed by atoms with Crippen molar-refractivity contribution in [3.63, 3.8) is 0 Å². The molecule has 0 N–H and O–H groups in total. The van der Waals surface area contributed by atoms with Crippen LogP contribution in [0.15, 0.2) is 47.9 Å². The number of hydrogen-bond donors (Lipinski definition) is 0. The first kappa shape index (κ1) is 11.8. The number of thioether (sulfide) groups is 1. The minimum absolute atomic E-state index is 0.795. The van der Waals surface area contributed by atoms with Gasteiger partial charge < -0.3 is 4.57 Å². The Hall–Kier alpha value is -1.22. The third-order valence-corrected chi connectivity index (χ3v) is 4.90. The van der Waals surface area contributed by atoms with Gasteiger partial charge in [-0.05, 0) is 25.0 Å². The fraction of sp³-hybridized carbons (Fsp3) is 0.400. The highest BCUT2D eigenvalue weighted by atomic mass is 32.2. The van der Waals surface area contributed by atoms with E-state index in [2.05, 4.69) is 33.8 Å². The zero-order valence-electron chi connectivity index (χ0n) is 10.5. The van der Waals surface area contributed by atoms with Gasteiger partial charge in [0.1, 0.15) is 0 Å². The van der Waals surface area contributed by atoms with E-state index in [1.54, 1.807) is 0 Å². The van der Waals surface area contributed by atoms with E-state index >= 15 is 0 Å². The van der Waals surface area contributed by atoms with Crippen molar-refractivity contribution >= 4 is 11.8 Å². The Morgan fingerprint density at radius 2 is 1.94 bits per heavy atom. The van der Waals surface area contributed by atoms with Crippen molar-refractivity contribution in [2.75, 3.05) is 0 Å². The van der Waals surface area contributed by atoms with Gasteiger partial charge in [0.25, 0.3) is 0 Å². The molecule has 0 aliphatic heterocycles. The lowest BCUT2D eigenvalue weighted by atomic mass is 10.0. The van der Waals surface area contributed by atoms with Crippen LogP contribution in [0.5, 0.6) is 0 Å². The molecule has 1 aromatic heterocycles. The summed E-state index contributed by atoms with van der Waals surface area (Å²) in [6.45, 7) is 0. The van der Waals surface area contributed by atoms with Crippen LogP contribution in [0.1, 0.15) is 32.1 Å². The summed E-state index contributed by atoms with van der Waals surface area (Å²) in [5, 5.41) is 0.795. The maximum atomic E-state index is 4.14. The lowest BCUT2D eigenvalue weighted by Gasteiger charge is -2.22. The quantitative estimate of drug-likeness (QED) is 0.817. The summed E-state index contributed by atoms with van der Waals surface area (Å²) in [5.41, 5.74) is 1.26. The standard InChI is InChI=1S/C15H18N2S/c1-2-6-13(7-3-1)18-15-9-5-4-8-14(15)17-11-10-16-12-17/h4-5,8-13H,1-3,6-7H2. The maximum absolute atomic E-state index is 4.14. The SMILES string of the molecule is c1ccc(-n2ccnc2)c(SC2CCCCC2)c1. The fourth-order valence-electron chi connectivity index (χ4n) is 2.53. The first-order valence-electron chi connectivity index (χ1n) is 6.67. The number of aromatic nitrogens is 2. The van der Waals surface area contributed by atoms with Gasteiger partial charge >= 0.3 is 0 Å². The summed E-state index contributed by atoms with van der Waals surface area (Å²) >= 11 is 2.04. The molecule has 0 saturated heterocycles. The third kappa shape index (κ3) is 2.61. The van der Waals surface area contributed by atoms with Gasteiger partial charge in [0.05, 0.1) is 12.0 Å². The number of benzene rings is 1. The first-order valence-corrected chi connectivity index (χ1v) is 7.55. The van der Waals surface area contributed by atoms with Crippen LogP contribution in [0.3, 0.4) is 0 Å². The van der Waals surface area contributed by atoms with Crippen LogP contribution in [0, 0.1) is 0 Å². The lowest BCUT2D eigenvalue weighted by Crippen LogP contribution is -2.08. The number of imidazole rings is 1. The molecular weight excluding hydrogens is 240 g/mol. The van der Waals surface area contributed by atoms with E-state index in [-0.39, 0.29) is 0 Å². The van der Waals surface area contributed by atoms with Gasteiger partial charge in [-0.25, -0.2) is 4.98 Å². The molecule has 3 rings (SSSR count). The molecule has 3 heteroatoms. The molecule has 94 valence electrons. The zero-order valence-corrected chi connectivity index (χ0v) is 11.3. The third-order valence-electron chi connectivity index (χ3n) is 3.49. The van der Waals surface area contributed by atoms with Crippen molar-refractivity contribution in [2.24, 2.45) is 0 Å². The average molecular weight is 258 g/mol. The van der Waals surface area contributed by atoms with Crippen molar-refractivity contribution in [3.05, 3.63) is 43.0 Å². The predicted octanol–water partition coefficient (Wildman–Crippen LogP) is 4.30. The average Bonchev–Trinajstić information content (AvgIpc) is 2.94. The van der Waals surface area contributed by atoms with Gasteiger partial charge in [-0.1, -0.05) is 31.4 Å². The number of hydrogen-bond acceptors (Lipinski definition) is 2. The van der Waals surface area contributed by atoms with Crippen LogP contribution < -0.4 is 0 Å². The molecule has 1 fully saturated rings. The van der Waals surface area contributed by atoms with E-state index in [4.69, 9.17) is 0 Å². The Morgan fingerprint density at radius 3 is 2.72 bits per heavy atom. The Bertz CT molecular complexity index is 487. The van der Waals surface area contributed by atoms with Crippen LogP contribution in [-0.2, 0) is 0 Å². The summed E-state index contributed by atoms with van der Waals surface area (Å²) in [6.07, 6.45) is 12.7. The zero-order chi connectivity index (χ0) is 12.2. The van der Waals surface area contributed by atoms with Gasteiger partial charge in [-0.2, -0.15) is 0 Å². The molecule has 18 heavy (non-hydrogen) atoms. The Kier molecular flexibility index (Phi) is 3.69. The highest BCUT2D eigenvalue weighted by Gasteiger charge is 2.16. The second-order valence-corrected chi connectivity index (χ2v) is 6.16. The van der Waals surface area contributed by atoms with Gasteiger partial charge in [0.15, 0.2) is 0 Å². The largest absolute Gasteiger partial charge is 0.305 e. The molecule has 2 aromatic rings. The molecule has 0 amide bonds. The van der Waals surface area contributed by atoms with Gasteiger partial charge in [0, 0.05) is 22.5 Å². The smallest absolute Gasteiger partial charge is 0.0992 e. The van der Waals surface area contributed by atoms with E-state index < -0.39 is 0 Å². The van der Waals surface area contributed by atoms with Crippen LogP contribution in [-0.4, -0.2) is 14.8 Å². The van der Waals surface area contributed by atoms with E-state index in [0.29, 0.717) is 0 Å². The van der Waals surface area contributed by atoms with Crippen molar-refractivity contribution < 1.29 is 0 Å². The van der Waals surface area contributed by atoms with Gasteiger partial charge in [0.2, 0.25) is 0 Å². The summed E-state index contributed by atoms with van der Waals surface area (Å²) in [6, 6.07) is 8.63. The molecule has 2 nitrogen and oxygen atoms in total. The topological polar surface area (TPSA) is 17.8 Å². The molecular formula is C15H18N2S. The van der Waals surface area contributed by atoms with Crippen molar-refractivity contribution in [2.45, 2.75) is 42.2 Å². The summed E-state index contributed by atoms with van der Waals surface area (Å²) < 4.78 is 2.10. The van der Waals surface area contributed by atoms with Crippen molar-refractivity contribution in [1.82, 2.24) is 9.55 Å². The van der Waals surface area contributed by atoms with Crippen molar-refractivity contribution in [3.8, 4) is 5.69 Å². The van der Waals surface area contributed by atoms with Gasteiger partial charge in [-0.3, -0.25) is 0 Å². The molecule has 0 bridgehead atoms. The van der Waals surface area contributed by atoms with E-state index in [0.717, 1.165) is 5.25 Å². The van der Waals surface area contributed by atoms with Crippen LogP contribution >= 0.6 is 11.8 Å². The maximum Gasteiger partial charge on any atom is 0.0992 e. The number of para-hydroxylation sites is 1. The first-order chi connectivity index (χ1) is 8.93. The predicted molar refractivity (Wildman–Crippen MR) is 76.3 cm³/mol. The molecule has 0 unspecified atom stereocenters. The lowest BCUT2D eigenvalue weighted by molar-refractivity contribution is 0.516. The summed E-state index contributed by atoms with van der Waals surface area (Å²) in [4.78, 5) is 5.52. The molecule has 1 aliphatic rings. The molecule has 0 spiro atoms. The number of rotatable bonds is 3. The molecule has 1 aliphatic carbocycles. The molecule has 1 saturated carbocycles. The second kappa shape index (κ2) is 5.61. The molecule has 1 aromatic carbocycles. The fourth-order valence-corrected chi connectivity index (χ4v) is 3.91. The molecule has 1 heterocycles. The van der Waals surface area contributed by atoms with Crippen LogP contribution in [0.4, 0.5) is 0 Å². The summed E-state index contributed by atoms with van der Waals surface area (Å²) in [5.74, 6) is 0. The van der Waals surface area contributed by atoms with Crippen LogP contribution in [0.2, 0.25) is 0 Å². The Labute approximate surface area is 112 Å². The van der Waals surface area contributed by atoms with E-state index in [1.165, 1.54) is 42.7 Å². The van der Waals surface area contributed by atoms with Gasteiger partial charge in [-0.15, -0.1) is 11.8 Å². The second-order valence-electron chi connectivity index (χ2n) is 4.82. The Morgan fingerprint density at radius 1 is 1.11 bits per heavy atom. The monoisotopic (exact) mass is 258 g/mol. The van der Waals surface area contributed by atoms with Crippen LogP contribution in [0.25, 0.3) is 5.69 Å². The highest BCUT2D eigenvalue weighted by Crippen LogP contribution is 2.36. The van der Waals surface area contributed by atoms with Crippen molar-refractivity contribution in [1.29, 1.82) is 0 Å². The minimum Gasteiger partial charge on any atom is -0.305 e. The molecule has 0 radical (unpaired) electrons. The normalized spacial score (nSPS) is 16.9. The van der Waals surface area contributed by atoms with E-state index in [9.17, 15) is 0 Å². The molecule has 0 atom stereocenters. The van der Waals surface area contributed by atoms with E-state index in [1.807, 2.05) is 30.5 Å². The summed E-state index contributed by atoms with van der Waals surface area (Å²) in [7, 11) is 0. The highest BCUT2D eigenvalue weighted by molar-refractivity contribution is 8.00. The number of nitrogens with zero attached hydrogens (tertiary/aromatic N) is 2.